The SMILES string of the molecule is CC(C)CC(=O)NC(C(=O)N1CCCC(C(=O)Nc2nccs2)C1)c1ccccc1. The third-order valence-corrected chi connectivity index (χ3v) is 5.73. The number of aromatic nitrogens is 1. The van der Waals surface area contributed by atoms with Gasteiger partial charge in [-0.1, -0.05) is 44.2 Å². The van der Waals surface area contributed by atoms with Crippen LogP contribution in [0.15, 0.2) is 41.9 Å². The van der Waals surface area contributed by atoms with Gasteiger partial charge in [-0.2, -0.15) is 0 Å². The number of carbonyl (C=O) groups excluding carboxylic acids is 3. The summed E-state index contributed by atoms with van der Waals surface area (Å²) >= 11 is 1.36. The third-order valence-electron chi connectivity index (χ3n) is 5.05. The molecule has 1 aliphatic rings. The van der Waals surface area contributed by atoms with Crippen molar-refractivity contribution < 1.29 is 14.4 Å². The smallest absolute Gasteiger partial charge is 0.249 e. The van der Waals surface area contributed by atoms with Crippen LogP contribution in [0.5, 0.6) is 0 Å². The minimum atomic E-state index is -0.752. The Hall–Kier alpha value is -2.74. The minimum absolute atomic E-state index is 0.123. The molecule has 0 aliphatic carbocycles. The number of thiazole rings is 1. The second-order valence-electron chi connectivity index (χ2n) is 7.96. The van der Waals surface area contributed by atoms with E-state index in [1.165, 1.54) is 11.3 Å². The zero-order valence-electron chi connectivity index (χ0n) is 17.3. The maximum atomic E-state index is 13.4. The molecule has 7 nitrogen and oxygen atoms in total. The molecule has 1 saturated heterocycles. The highest BCUT2D eigenvalue weighted by Gasteiger charge is 2.33. The van der Waals surface area contributed by atoms with E-state index in [1.54, 1.807) is 16.5 Å². The van der Waals surface area contributed by atoms with Gasteiger partial charge in [-0.25, -0.2) is 4.98 Å². The van der Waals surface area contributed by atoms with Crippen molar-refractivity contribution in [3.05, 3.63) is 47.5 Å². The Kier molecular flexibility index (Phi) is 7.57. The van der Waals surface area contributed by atoms with Crippen LogP contribution in [0.3, 0.4) is 0 Å². The summed E-state index contributed by atoms with van der Waals surface area (Å²) in [6.45, 7) is 4.84. The number of carbonyl (C=O) groups is 3. The Bertz CT molecular complexity index is 855. The van der Waals surface area contributed by atoms with Gasteiger partial charge in [0.15, 0.2) is 5.13 Å². The number of benzene rings is 1. The number of piperidine rings is 1. The Labute approximate surface area is 180 Å². The lowest BCUT2D eigenvalue weighted by Gasteiger charge is -2.34. The molecule has 1 aromatic carbocycles. The summed E-state index contributed by atoms with van der Waals surface area (Å²) in [5, 5.41) is 8.09. The average Bonchev–Trinajstić information content (AvgIpc) is 3.25. The second kappa shape index (κ2) is 10.3. The second-order valence-corrected chi connectivity index (χ2v) is 8.85. The van der Waals surface area contributed by atoms with E-state index < -0.39 is 6.04 Å². The lowest BCUT2D eigenvalue weighted by Crippen LogP contribution is -2.48. The first kappa shape index (κ1) is 22.0. The van der Waals surface area contributed by atoms with Crippen molar-refractivity contribution in [3.63, 3.8) is 0 Å². The highest BCUT2D eigenvalue weighted by molar-refractivity contribution is 7.13. The number of nitrogens with one attached hydrogen (secondary N) is 2. The molecule has 2 unspecified atom stereocenters. The van der Waals surface area contributed by atoms with Gasteiger partial charge in [-0.05, 0) is 24.3 Å². The summed E-state index contributed by atoms with van der Waals surface area (Å²) < 4.78 is 0. The summed E-state index contributed by atoms with van der Waals surface area (Å²) in [5.74, 6) is -0.547. The summed E-state index contributed by atoms with van der Waals surface area (Å²) in [7, 11) is 0. The van der Waals surface area contributed by atoms with Gasteiger partial charge in [0.1, 0.15) is 6.04 Å². The van der Waals surface area contributed by atoms with Gasteiger partial charge in [0, 0.05) is 31.1 Å². The van der Waals surface area contributed by atoms with Crippen molar-refractivity contribution in [2.24, 2.45) is 11.8 Å². The molecule has 8 heteroatoms. The third kappa shape index (κ3) is 5.89. The maximum absolute atomic E-state index is 13.4. The quantitative estimate of drug-likeness (QED) is 0.708. The van der Waals surface area contributed by atoms with E-state index in [0.29, 0.717) is 24.6 Å². The lowest BCUT2D eigenvalue weighted by molar-refractivity contribution is -0.139. The number of rotatable bonds is 7. The first-order valence-electron chi connectivity index (χ1n) is 10.3. The molecule has 160 valence electrons. The molecule has 1 fully saturated rings. The van der Waals surface area contributed by atoms with E-state index in [4.69, 9.17) is 0 Å². The Morgan fingerprint density at radius 3 is 2.67 bits per heavy atom. The molecule has 3 rings (SSSR count). The molecular formula is C22H28N4O3S. The first-order valence-corrected chi connectivity index (χ1v) is 11.2. The maximum Gasteiger partial charge on any atom is 0.249 e. The number of hydrogen-bond donors (Lipinski definition) is 2. The fraction of sp³-hybridized carbons (Fsp3) is 0.455. The van der Waals surface area contributed by atoms with Crippen molar-refractivity contribution >= 4 is 34.2 Å². The van der Waals surface area contributed by atoms with Crippen LogP contribution in [0.25, 0.3) is 0 Å². The molecule has 0 bridgehead atoms. The number of hydrogen-bond acceptors (Lipinski definition) is 5. The normalized spacial score (nSPS) is 17.4. The Morgan fingerprint density at radius 1 is 1.23 bits per heavy atom. The highest BCUT2D eigenvalue weighted by Crippen LogP contribution is 2.24. The monoisotopic (exact) mass is 428 g/mol. The van der Waals surface area contributed by atoms with Crippen LogP contribution in [-0.4, -0.2) is 40.7 Å². The molecule has 30 heavy (non-hydrogen) atoms. The Balaban J connectivity index is 1.71. The molecule has 0 saturated carbocycles. The van der Waals surface area contributed by atoms with Gasteiger partial charge in [-0.15, -0.1) is 11.3 Å². The van der Waals surface area contributed by atoms with Crippen LogP contribution in [0.1, 0.15) is 44.7 Å². The van der Waals surface area contributed by atoms with Crippen molar-refractivity contribution in [1.82, 2.24) is 15.2 Å². The first-order chi connectivity index (χ1) is 14.4. The standard InChI is InChI=1S/C22H28N4O3S/c1-15(2)13-18(27)24-19(16-7-4-3-5-8-16)21(29)26-11-6-9-17(14-26)20(28)25-22-23-10-12-30-22/h3-5,7-8,10,12,15,17,19H,6,9,11,13-14H2,1-2H3,(H,24,27)(H,23,25,28). The number of anilines is 1. The molecule has 2 aromatic rings. The minimum Gasteiger partial charge on any atom is -0.341 e. The molecule has 2 heterocycles. The number of amides is 3. The zero-order valence-corrected chi connectivity index (χ0v) is 18.2. The fourth-order valence-electron chi connectivity index (χ4n) is 3.59. The van der Waals surface area contributed by atoms with E-state index in [9.17, 15) is 14.4 Å². The van der Waals surface area contributed by atoms with Crippen LogP contribution in [0, 0.1) is 11.8 Å². The summed E-state index contributed by atoms with van der Waals surface area (Å²) in [6.07, 6.45) is 3.45. The molecule has 3 amide bonds. The van der Waals surface area contributed by atoms with E-state index in [1.807, 2.05) is 44.2 Å². The van der Waals surface area contributed by atoms with Crippen LogP contribution in [0.4, 0.5) is 5.13 Å². The van der Waals surface area contributed by atoms with Gasteiger partial charge >= 0.3 is 0 Å². The van der Waals surface area contributed by atoms with Gasteiger partial charge in [0.25, 0.3) is 0 Å². The molecule has 2 N–H and O–H groups in total. The predicted octanol–water partition coefficient (Wildman–Crippen LogP) is 3.22. The lowest BCUT2D eigenvalue weighted by atomic mass is 9.95. The molecule has 0 spiro atoms. The molecule has 0 radical (unpaired) electrons. The largest absolute Gasteiger partial charge is 0.341 e. The van der Waals surface area contributed by atoms with Crippen molar-refractivity contribution in [1.29, 1.82) is 0 Å². The van der Waals surface area contributed by atoms with Crippen LogP contribution >= 0.6 is 11.3 Å². The number of nitrogens with zero attached hydrogens (tertiary/aromatic N) is 2. The van der Waals surface area contributed by atoms with Crippen molar-refractivity contribution in [2.75, 3.05) is 18.4 Å². The average molecular weight is 429 g/mol. The van der Waals surface area contributed by atoms with Gasteiger partial charge in [0.05, 0.1) is 5.92 Å². The van der Waals surface area contributed by atoms with E-state index in [2.05, 4.69) is 15.6 Å². The van der Waals surface area contributed by atoms with Gasteiger partial charge in [-0.3, -0.25) is 14.4 Å². The fourth-order valence-corrected chi connectivity index (χ4v) is 4.12. The Morgan fingerprint density at radius 2 is 2.00 bits per heavy atom. The topological polar surface area (TPSA) is 91.4 Å². The predicted molar refractivity (Wildman–Crippen MR) is 117 cm³/mol. The zero-order chi connectivity index (χ0) is 21.5. The van der Waals surface area contributed by atoms with E-state index in [-0.39, 0.29) is 29.6 Å². The molecule has 1 aromatic heterocycles. The summed E-state index contributed by atoms with van der Waals surface area (Å²) in [5.41, 5.74) is 0.744. The number of likely N-dealkylation sites (tertiary alicyclic amines) is 1. The van der Waals surface area contributed by atoms with E-state index in [0.717, 1.165) is 18.4 Å². The van der Waals surface area contributed by atoms with Crippen LogP contribution in [0.2, 0.25) is 0 Å². The summed E-state index contributed by atoms with van der Waals surface area (Å²) in [6, 6.07) is 8.51. The van der Waals surface area contributed by atoms with Crippen molar-refractivity contribution in [2.45, 2.75) is 39.2 Å². The molecular weight excluding hydrogens is 400 g/mol. The van der Waals surface area contributed by atoms with Crippen molar-refractivity contribution in [3.8, 4) is 0 Å². The van der Waals surface area contributed by atoms with Crippen LogP contribution < -0.4 is 10.6 Å². The van der Waals surface area contributed by atoms with E-state index >= 15 is 0 Å². The highest BCUT2D eigenvalue weighted by atomic mass is 32.1. The van der Waals surface area contributed by atoms with Gasteiger partial charge < -0.3 is 15.5 Å². The molecule has 2 atom stereocenters. The summed E-state index contributed by atoms with van der Waals surface area (Å²) in [4.78, 5) is 44.2. The van der Waals surface area contributed by atoms with Gasteiger partial charge in [0.2, 0.25) is 17.7 Å². The molecule has 1 aliphatic heterocycles. The van der Waals surface area contributed by atoms with Crippen LogP contribution in [-0.2, 0) is 14.4 Å².